The van der Waals surface area contributed by atoms with Gasteiger partial charge in [-0.15, -0.1) is 0 Å². The number of hydrogen-bond acceptors (Lipinski definition) is 2. The first-order valence-electron chi connectivity index (χ1n) is 5.16. The molecule has 18 heavy (non-hydrogen) atoms. The minimum atomic E-state index is -0.879. The largest absolute Gasteiger partial charge is 0.478 e. The third-order valence-corrected chi connectivity index (χ3v) is 1.69. The Labute approximate surface area is 105 Å². The maximum Gasteiger partial charge on any atom is 0.335 e. The zero-order valence-corrected chi connectivity index (χ0v) is 10.0. The molecule has 4 nitrogen and oxygen atoms in total. The minimum absolute atomic E-state index is 0.331. The van der Waals surface area contributed by atoms with Crippen LogP contribution < -0.4 is 0 Å². The third-order valence-electron chi connectivity index (χ3n) is 1.69. The van der Waals surface area contributed by atoms with Crippen molar-refractivity contribution in [2.24, 2.45) is 0 Å². The van der Waals surface area contributed by atoms with E-state index in [0.717, 1.165) is 7.11 Å². The van der Waals surface area contributed by atoms with E-state index in [2.05, 4.69) is 4.60 Å². The lowest BCUT2D eigenvalue weighted by atomic mass is 10.2. The smallest absolute Gasteiger partial charge is 0.335 e. The van der Waals surface area contributed by atoms with Crippen molar-refractivity contribution in [1.29, 1.82) is 0 Å². The van der Waals surface area contributed by atoms with Gasteiger partial charge in [-0.3, -0.25) is 0 Å². The Morgan fingerprint density at radius 2 is 1.17 bits per heavy atom. The van der Waals surface area contributed by atoms with Crippen LogP contribution in [0.15, 0.2) is 66.7 Å². The van der Waals surface area contributed by atoms with Crippen LogP contribution in [0.1, 0.15) is 10.4 Å². The van der Waals surface area contributed by atoms with Gasteiger partial charge in [0.15, 0.2) is 0 Å². The van der Waals surface area contributed by atoms with Crippen LogP contribution in [0.2, 0.25) is 0 Å². The van der Waals surface area contributed by atoms with E-state index in [-0.39, 0.29) is 0 Å². The van der Waals surface area contributed by atoms with Gasteiger partial charge in [0.25, 0.3) is 0 Å². The average molecular weight is 247 g/mol. The van der Waals surface area contributed by atoms with Gasteiger partial charge >= 0.3 is 13.1 Å². The highest BCUT2D eigenvalue weighted by atomic mass is 16.8. The molecule has 0 saturated carbocycles. The van der Waals surface area contributed by atoms with E-state index >= 15 is 0 Å². The summed E-state index contributed by atoms with van der Waals surface area (Å²) in [5.74, 6) is -0.879. The van der Waals surface area contributed by atoms with Gasteiger partial charge < -0.3 is 5.11 Å². The van der Waals surface area contributed by atoms with E-state index in [0.29, 0.717) is 5.56 Å². The molecule has 0 unspecified atom stereocenters. The fourth-order valence-electron chi connectivity index (χ4n) is 0.966. The molecule has 0 aliphatic carbocycles. The lowest BCUT2D eigenvalue weighted by Crippen LogP contribution is -1.93. The van der Waals surface area contributed by atoms with Gasteiger partial charge in [0.2, 0.25) is 4.96 Å². The summed E-state index contributed by atoms with van der Waals surface area (Å²) in [6, 6.07) is 20.3. The van der Waals surface area contributed by atoms with Crippen molar-refractivity contribution in [3.63, 3.8) is 0 Å². The second-order valence-electron chi connectivity index (χ2n) is 2.99. The fourth-order valence-corrected chi connectivity index (χ4v) is 0.966. The standard InChI is InChI=1S/C7H6O2.C6H6.CH3O2/c8-7(9)6-4-2-1-3-5-6;1-2-4-6-5-3-1;1-3-2/h1-5H,(H,8,9);1-6H;1H3/q;;+1. The molecule has 0 bridgehead atoms. The van der Waals surface area contributed by atoms with Gasteiger partial charge in [-0.05, 0) is 12.1 Å². The average Bonchev–Trinajstić information content (AvgIpc) is 2.43. The molecule has 0 heterocycles. The van der Waals surface area contributed by atoms with Gasteiger partial charge in [-0.25, -0.2) is 4.79 Å². The molecular weight excluding hydrogens is 232 g/mol. The van der Waals surface area contributed by atoms with Crippen LogP contribution >= 0.6 is 0 Å². The van der Waals surface area contributed by atoms with Crippen LogP contribution in [0.5, 0.6) is 0 Å². The molecule has 0 amide bonds. The third kappa shape index (κ3) is 8.79. The second-order valence-corrected chi connectivity index (χ2v) is 2.99. The van der Waals surface area contributed by atoms with Crippen LogP contribution in [0.3, 0.4) is 0 Å². The molecule has 0 atom stereocenters. The predicted octanol–water partition coefficient (Wildman–Crippen LogP) is 3.30. The Balaban J connectivity index is 0.000000278. The Hall–Kier alpha value is -2.49. The van der Waals surface area contributed by atoms with Crippen LogP contribution in [0.4, 0.5) is 0 Å². The molecule has 2 rings (SSSR count). The molecule has 2 aromatic carbocycles. The Bertz CT molecular complexity index is 399. The summed E-state index contributed by atoms with van der Waals surface area (Å²) in [5.41, 5.74) is 0.331. The molecule has 2 aromatic rings. The topological polar surface area (TPSA) is 65.7 Å². The van der Waals surface area contributed by atoms with Crippen molar-refractivity contribution in [2.45, 2.75) is 0 Å². The molecule has 94 valence electrons. The summed E-state index contributed by atoms with van der Waals surface area (Å²) in [5, 5.41) is 8.38. The normalized spacial score (nSPS) is 7.83. The summed E-state index contributed by atoms with van der Waals surface area (Å²) >= 11 is 0. The zero-order valence-electron chi connectivity index (χ0n) is 10.0. The van der Waals surface area contributed by atoms with Crippen molar-refractivity contribution < 1.29 is 9.90 Å². The highest BCUT2D eigenvalue weighted by Crippen LogP contribution is 1.96. The zero-order chi connectivity index (χ0) is 13.6. The molecule has 0 saturated heterocycles. The fraction of sp³-hybridized carbons (Fsp3) is 0.0714. The minimum Gasteiger partial charge on any atom is -0.478 e. The Morgan fingerprint density at radius 3 is 1.39 bits per heavy atom. The maximum absolute atomic E-state index is 10.2. The first-order valence-corrected chi connectivity index (χ1v) is 5.16. The van der Waals surface area contributed by atoms with E-state index in [9.17, 15) is 4.79 Å². The monoisotopic (exact) mass is 247 g/mol. The lowest BCUT2D eigenvalue weighted by molar-refractivity contribution is 0.0697. The van der Waals surface area contributed by atoms with Crippen molar-refractivity contribution in [3.05, 3.63) is 81.9 Å². The lowest BCUT2D eigenvalue weighted by Gasteiger charge is -1.88. The SMILES string of the molecule is C[O+]=O.O=C(O)c1ccccc1.c1ccccc1. The predicted molar refractivity (Wildman–Crippen MR) is 72.5 cm³/mol. The van der Waals surface area contributed by atoms with Crippen molar-refractivity contribution in [3.8, 4) is 0 Å². The number of rotatable bonds is 1. The number of aromatic carboxylic acids is 1. The van der Waals surface area contributed by atoms with Crippen LogP contribution in [-0.2, 0) is 0 Å². The molecule has 0 spiro atoms. The van der Waals surface area contributed by atoms with Gasteiger partial charge in [0.1, 0.15) is 0 Å². The molecule has 1 N–H and O–H groups in total. The molecule has 0 aromatic heterocycles. The van der Waals surface area contributed by atoms with E-state index < -0.39 is 5.97 Å². The summed E-state index contributed by atoms with van der Waals surface area (Å²) < 4.78 is 3.00. The van der Waals surface area contributed by atoms with Gasteiger partial charge in [0, 0.05) is 4.60 Å². The molecule has 0 radical (unpaired) electrons. The van der Waals surface area contributed by atoms with E-state index in [1.807, 2.05) is 36.4 Å². The number of carboxylic acids is 1. The summed E-state index contributed by atoms with van der Waals surface area (Å²) in [4.78, 5) is 18.6. The van der Waals surface area contributed by atoms with Crippen molar-refractivity contribution in [1.82, 2.24) is 0 Å². The number of carbonyl (C=O) groups is 1. The summed E-state index contributed by atoms with van der Waals surface area (Å²) in [7, 11) is 1.07. The van der Waals surface area contributed by atoms with E-state index in [1.165, 1.54) is 0 Å². The van der Waals surface area contributed by atoms with Crippen molar-refractivity contribution in [2.75, 3.05) is 7.11 Å². The quantitative estimate of drug-likeness (QED) is 0.786. The second kappa shape index (κ2) is 11.0. The summed E-state index contributed by atoms with van der Waals surface area (Å²) in [6.07, 6.45) is 0. The molecule has 0 fully saturated rings. The molecule has 0 aliphatic heterocycles. The molecule has 4 heteroatoms. The Kier molecular flexibility index (Phi) is 9.49. The van der Waals surface area contributed by atoms with Gasteiger partial charge in [-0.1, -0.05) is 54.6 Å². The number of carboxylic acid groups (broad SMARTS) is 1. The van der Waals surface area contributed by atoms with Gasteiger partial charge in [-0.2, -0.15) is 0 Å². The van der Waals surface area contributed by atoms with Gasteiger partial charge in [0.05, 0.1) is 5.56 Å². The van der Waals surface area contributed by atoms with E-state index in [4.69, 9.17) is 10.1 Å². The summed E-state index contributed by atoms with van der Waals surface area (Å²) in [6.45, 7) is 0. The van der Waals surface area contributed by atoms with Crippen LogP contribution in [0.25, 0.3) is 0 Å². The van der Waals surface area contributed by atoms with Crippen LogP contribution in [0, 0.1) is 9.56 Å². The number of hydrogen-bond donors (Lipinski definition) is 1. The first kappa shape index (κ1) is 15.5. The van der Waals surface area contributed by atoms with Crippen LogP contribution in [-0.4, -0.2) is 18.2 Å². The highest BCUT2D eigenvalue weighted by molar-refractivity contribution is 5.87. The van der Waals surface area contributed by atoms with Crippen molar-refractivity contribution >= 4 is 5.97 Å². The Morgan fingerprint density at radius 1 is 0.889 bits per heavy atom. The van der Waals surface area contributed by atoms with E-state index in [1.54, 1.807) is 30.3 Å². The number of benzene rings is 2. The molecular formula is C14H15O4+. The first-order chi connectivity index (χ1) is 8.72. The molecule has 0 aliphatic rings. The highest BCUT2D eigenvalue weighted by Gasteiger charge is 1.96. The maximum atomic E-state index is 10.2.